The van der Waals surface area contributed by atoms with Crippen LogP contribution in [-0.2, 0) is 19.6 Å². The maximum absolute atomic E-state index is 13.3. The monoisotopic (exact) mass is 521 g/mol. The second-order valence-corrected chi connectivity index (χ2v) is 12.6. The number of nitrogens with one attached hydrogen (secondary N) is 2. The molecule has 2 aromatic carbocycles. The molecule has 3 aromatic rings. The summed E-state index contributed by atoms with van der Waals surface area (Å²) in [5.41, 5.74) is 3.99. The van der Waals surface area contributed by atoms with Crippen LogP contribution in [0.1, 0.15) is 44.1 Å². The van der Waals surface area contributed by atoms with E-state index in [1.165, 1.54) is 12.8 Å². The Morgan fingerprint density at radius 3 is 2.51 bits per heavy atom. The molecule has 6 rings (SSSR count). The average Bonchev–Trinajstić information content (AvgIpc) is 3.72. The molecule has 0 unspecified atom stereocenters. The van der Waals surface area contributed by atoms with Crippen LogP contribution in [0.2, 0.25) is 0 Å². The predicted octanol–water partition coefficient (Wildman–Crippen LogP) is 4.62. The van der Waals surface area contributed by atoms with Crippen LogP contribution >= 0.6 is 0 Å². The number of ether oxygens (including phenoxy) is 1. The molecule has 0 spiro atoms. The molecule has 0 bridgehead atoms. The highest BCUT2D eigenvalue weighted by atomic mass is 32.2. The number of H-pyrrole nitrogens is 1. The number of amides is 1. The number of nitrogens with zero attached hydrogens (tertiary/aromatic N) is 1. The molecule has 8 heteroatoms. The van der Waals surface area contributed by atoms with E-state index in [1.54, 1.807) is 12.1 Å². The van der Waals surface area contributed by atoms with Gasteiger partial charge >= 0.3 is 0 Å². The first kappa shape index (κ1) is 24.6. The zero-order valence-electron chi connectivity index (χ0n) is 21.3. The van der Waals surface area contributed by atoms with Crippen molar-refractivity contribution >= 4 is 26.8 Å². The number of hydrogen-bond acceptors (Lipinski definition) is 4. The summed E-state index contributed by atoms with van der Waals surface area (Å²) in [5.74, 6) is 0.815. The Labute approximate surface area is 218 Å². The van der Waals surface area contributed by atoms with Crippen molar-refractivity contribution in [2.24, 2.45) is 11.8 Å². The number of morpholine rings is 1. The van der Waals surface area contributed by atoms with E-state index in [4.69, 9.17) is 4.74 Å². The van der Waals surface area contributed by atoms with E-state index in [-0.39, 0.29) is 28.8 Å². The fourth-order valence-corrected chi connectivity index (χ4v) is 7.46. The van der Waals surface area contributed by atoms with Crippen molar-refractivity contribution in [3.63, 3.8) is 0 Å². The fourth-order valence-electron chi connectivity index (χ4n) is 6.13. The number of aromatic amines is 1. The van der Waals surface area contributed by atoms with E-state index in [0.717, 1.165) is 40.6 Å². The van der Waals surface area contributed by atoms with Crippen molar-refractivity contribution in [3.8, 4) is 11.3 Å². The van der Waals surface area contributed by atoms with Gasteiger partial charge in [0.2, 0.25) is 15.9 Å². The Kier molecular flexibility index (Phi) is 6.59. The summed E-state index contributed by atoms with van der Waals surface area (Å²) < 4.78 is 35.1. The van der Waals surface area contributed by atoms with Crippen LogP contribution in [0.5, 0.6) is 0 Å². The summed E-state index contributed by atoms with van der Waals surface area (Å²) >= 11 is 0. The van der Waals surface area contributed by atoms with Crippen LogP contribution in [0.15, 0.2) is 53.4 Å². The Bertz CT molecular complexity index is 1390. The number of fused-ring (bicyclic) bond motifs is 1. The van der Waals surface area contributed by atoms with E-state index in [1.807, 2.05) is 36.4 Å². The molecule has 1 saturated heterocycles. The lowest BCUT2D eigenvalue weighted by Crippen LogP contribution is -2.52. The molecule has 196 valence electrons. The standard InChI is InChI=1S/C29H35N3O4S/c1-19-25-14-13-24(17-26(25)30-28(19)21-5-3-2-4-6-21)37(34,35)31-23-11-9-22(10-12-23)29(33)32-15-16-36-18-27(32)20-7-8-20/h2-6,13-14,17,20,22-23,27,30-31H,7-12,15-16,18H2,1H3/t22?,23?,27-/m1/s1. The molecule has 3 aliphatic rings. The van der Waals surface area contributed by atoms with Gasteiger partial charge in [-0.25, -0.2) is 13.1 Å². The Morgan fingerprint density at radius 2 is 1.78 bits per heavy atom. The van der Waals surface area contributed by atoms with Gasteiger partial charge in [0.1, 0.15) is 0 Å². The van der Waals surface area contributed by atoms with Gasteiger partial charge in [-0.15, -0.1) is 0 Å². The summed E-state index contributed by atoms with van der Waals surface area (Å²) in [6, 6.07) is 15.4. The zero-order chi connectivity index (χ0) is 25.6. The highest BCUT2D eigenvalue weighted by Gasteiger charge is 2.41. The first-order valence-corrected chi connectivity index (χ1v) is 15.0. The summed E-state index contributed by atoms with van der Waals surface area (Å²) in [4.78, 5) is 19.0. The third kappa shape index (κ3) is 4.94. The van der Waals surface area contributed by atoms with Gasteiger partial charge in [-0.1, -0.05) is 36.4 Å². The maximum Gasteiger partial charge on any atom is 0.240 e. The van der Waals surface area contributed by atoms with Crippen molar-refractivity contribution in [1.29, 1.82) is 0 Å². The molecule has 1 amide bonds. The van der Waals surface area contributed by atoms with Crippen molar-refractivity contribution < 1.29 is 17.9 Å². The minimum Gasteiger partial charge on any atom is -0.377 e. The van der Waals surface area contributed by atoms with Crippen LogP contribution in [0, 0.1) is 18.8 Å². The molecular weight excluding hydrogens is 486 g/mol. The fraction of sp³-hybridized carbons (Fsp3) is 0.483. The van der Waals surface area contributed by atoms with Gasteiger partial charge in [0.25, 0.3) is 0 Å². The topological polar surface area (TPSA) is 91.5 Å². The van der Waals surface area contributed by atoms with Crippen LogP contribution in [0.25, 0.3) is 22.2 Å². The van der Waals surface area contributed by atoms with E-state index in [0.29, 0.717) is 38.5 Å². The molecule has 3 fully saturated rings. The van der Waals surface area contributed by atoms with Gasteiger partial charge in [-0.2, -0.15) is 0 Å². The minimum absolute atomic E-state index is 0.0187. The van der Waals surface area contributed by atoms with Crippen LogP contribution in [-0.4, -0.2) is 56.1 Å². The van der Waals surface area contributed by atoms with Gasteiger partial charge < -0.3 is 14.6 Å². The molecule has 1 aromatic heterocycles. The number of sulfonamides is 1. The SMILES string of the molecule is Cc1c(-c2ccccc2)[nH]c2cc(S(=O)(=O)NC3CCC(C(=O)N4CCOC[C@@H]4C4CC4)CC3)ccc12. The van der Waals surface area contributed by atoms with Gasteiger partial charge in [-0.05, 0) is 74.6 Å². The van der Waals surface area contributed by atoms with E-state index in [9.17, 15) is 13.2 Å². The summed E-state index contributed by atoms with van der Waals surface area (Å²) in [5, 5.41) is 1.02. The zero-order valence-corrected chi connectivity index (χ0v) is 22.1. The molecule has 37 heavy (non-hydrogen) atoms. The number of hydrogen-bond donors (Lipinski definition) is 2. The number of carbonyl (C=O) groups is 1. The third-order valence-corrected chi connectivity index (χ3v) is 9.93. The number of benzene rings is 2. The van der Waals surface area contributed by atoms with Gasteiger partial charge in [-0.3, -0.25) is 4.79 Å². The lowest BCUT2D eigenvalue weighted by molar-refractivity contribution is -0.146. The predicted molar refractivity (Wildman–Crippen MR) is 144 cm³/mol. The lowest BCUT2D eigenvalue weighted by Gasteiger charge is -2.39. The molecule has 2 aliphatic carbocycles. The molecular formula is C29H35N3O4S. The Hall–Kier alpha value is -2.68. The third-order valence-electron chi connectivity index (χ3n) is 8.42. The van der Waals surface area contributed by atoms with Gasteiger partial charge in [0.05, 0.1) is 24.2 Å². The normalized spacial score (nSPS) is 24.9. The molecule has 2 N–H and O–H groups in total. The van der Waals surface area contributed by atoms with Gasteiger partial charge in [0.15, 0.2) is 0 Å². The molecule has 1 aliphatic heterocycles. The van der Waals surface area contributed by atoms with Crippen molar-refractivity contribution in [2.75, 3.05) is 19.8 Å². The molecule has 7 nitrogen and oxygen atoms in total. The number of aryl methyl sites for hydroxylation is 1. The molecule has 2 saturated carbocycles. The maximum atomic E-state index is 13.3. The van der Waals surface area contributed by atoms with Crippen molar-refractivity contribution in [1.82, 2.24) is 14.6 Å². The minimum atomic E-state index is -3.67. The van der Waals surface area contributed by atoms with Crippen LogP contribution in [0.3, 0.4) is 0 Å². The van der Waals surface area contributed by atoms with E-state index < -0.39 is 10.0 Å². The second kappa shape index (κ2) is 9.89. The number of aromatic nitrogens is 1. The summed E-state index contributed by atoms with van der Waals surface area (Å²) in [7, 11) is -3.67. The average molecular weight is 522 g/mol. The van der Waals surface area contributed by atoms with Crippen molar-refractivity contribution in [3.05, 3.63) is 54.1 Å². The van der Waals surface area contributed by atoms with Crippen LogP contribution < -0.4 is 4.72 Å². The Balaban J connectivity index is 1.12. The van der Waals surface area contributed by atoms with E-state index >= 15 is 0 Å². The quantitative estimate of drug-likeness (QED) is 0.495. The first-order valence-electron chi connectivity index (χ1n) is 13.5. The second-order valence-electron chi connectivity index (χ2n) is 10.9. The van der Waals surface area contributed by atoms with Gasteiger partial charge in [0, 0.05) is 35.1 Å². The molecule has 2 heterocycles. The summed E-state index contributed by atoms with van der Waals surface area (Å²) in [6.07, 6.45) is 5.17. The van der Waals surface area contributed by atoms with Crippen molar-refractivity contribution in [2.45, 2.75) is 62.4 Å². The number of rotatable bonds is 6. The lowest BCUT2D eigenvalue weighted by atomic mass is 9.85. The molecule has 1 atom stereocenters. The largest absolute Gasteiger partial charge is 0.377 e. The van der Waals surface area contributed by atoms with Crippen LogP contribution in [0.4, 0.5) is 0 Å². The highest BCUT2D eigenvalue weighted by Crippen LogP contribution is 2.38. The molecule has 0 radical (unpaired) electrons. The van der Waals surface area contributed by atoms with E-state index in [2.05, 4.69) is 21.5 Å². The Morgan fingerprint density at radius 1 is 1.03 bits per heavy atom. The number of carbonyl (C=O) groups excluding carboxylic acids is 1. The smallest absolute Gasteiger partial charge is 0.240 e. The first-order chi connectivity index (χ1) is 17.9. The highest BCUT2D eigenvalue weighted by molar-refractivity contribution is 7.89. The summed E-state index contributed by atoms with van der Waals surface area (Å²) in [6.45, 7) is 4.00.